The van der Waals surface area contributed by atoms with Gasteiger partial charge in [-0.25, -0.2) is 0 Å². The van der Waals surface area contributed by atoms with Crippen molar-refractivity contribution >= 4 is 123 Å². The zero-order chi connectivity index (χ0) is 81.0. The summed E-state index contributed by atoms with van der Waals surface area (Å²) in [6.45, 7) is 20.8. The highest BCUT2D eigenvalue weighted by molar-refractivity contribution is 7.00. The van der Waals surface area contributed by atoms with Gasteiger partial charge in [-0.3, -0.25) is 0 Å². The first-order valence-corrected chi connectivity index (χ1v) is 42.0. The number of benzene rings is 17. The highest BCUT2D eigenvalue weighted by Crippen LogP contribution is 2.58. The van der Waals surface area contributed by atoms with Gasteiger partial charge in [-0.1, -0.05) is 323 Å². The molecular formula is C114H87BN2O3. The van der Waals surface area contributed by atoms with E-state index in [1.165, 1.54) is 27.5 Å². The maximum atomic E-state index is 7.10. The molecule has 20 aromatic rings. The van der Waals surface area contributed by atoms with Crippen LogP contribution in [0.3, 0.4) is 0 Å². The minimum atomic E-state index is -0.369. The summed E-state index contributed by atoms with van der Waals surface area (Å²) in [6.07, 6.45) is 0. The van der Waals surface area contributed by atoms with Crippen LogP contribution in [0.15, 0.2) is 377 Å². The summed E-state index contributed by atoms with van der Waals surface area (Å²) in [5.41, 5.74) is 37.4. The largest absolute Gasteiger partial charge is 0.456 e. The molecule has 0 radical (unpaired) electrons. The highest BCUT2D eigenvalue weighted by Gasteiger charge is 2.47. The average Bonchev–Trinajstić information content (AvgIpc) is 0.840. The van der Waals surface area contributed by atoms with Crippen molar-refractivity contribution in [1.29, 1.82) is 0 Å². The third-order valence-corrected chi connectivity index (χ3v) is 25.2. The Kier molecular flexibility index (Phi) is 16.7. The molecule has 574 valence electrons. The summed E-state index contributed by atoms with van der Waals surface area (Å²) in [5.74, 6) is 0. The molecule has 0 bridgehead atoms. The number of rotatable bonds is 11. The van der Waals surface area contributed by atoms with Gasteiger partial charge in [0, 0.05) is 82.9 Å². The molecule has 120 heavy (non-hydrogen) atoms. The molecule has 22 rings (SSSR count). The zero-order valence-corrected chi connectivity index (χ0v) is 68.8. The van der Waals surface area contributed by atoms with Gasteiger partial charge < -0.3 is 23.1 Å². The number of para-hydroxylation sites is 3. The van der Waals surface area contributed by atoms with Gasteiger partial charge in [-0.15, -0.1) is 0 Å². The van der Waals surface area contributed by atoms with E-state index in [4.69, 9.17) is 13.3 Å². The quantitative estimate of drug-likeness (QED) is 0.121. The second-order valence-corrected chi connectivity index (χ2v) is 35.8. The molecule has 0 amide bonds. The molecule has 0 aliphatic carbocycles. The van der Waals surface area contributed by atoms with Crippen molar-refractivity contribution in [1.82, 2.24) is 0 Å². The molecule has 0 saturated heterocycles. The van der Waals surface area contributed by atoms with Gasteiger partial charge in [0.1, 0.15) is 33.5 Å². The molecule has 0 saturated carbocycles. The Balaban J connectivity index is 0.964. The van der Waals surface area contributed by atoms with Crippen LogP contribution in [0.2, 0.25) is 0 Å². The van der Waals surface area contributed by atoms with Crippen LogP contribution in [-0.4, -0.2) is 6.71 Å². The first kappa shape index (κ1) is 72.3. The molecule has 0 fully saturated rings. The third-order valence-electron chi connectivity index (χ3n) is 25.2. The van der Waals surface area contributed by atoms with Gasteiger partial charge in [0.05, 0.1) is 11.4 Å². The molecular weight excluding hydrogens is 1460 g/mol. The maximum absolute atomic E-state index is 7.10. The van der Waals surface area contributed by atoms with Crippen molar-refractivity contribution in [2.24, 2.45) is 0 Å². The highest BCUT2D eigenvalue weighted by atomic mass is 16.3. The van der Waals surface area contributed by atoms with Gasteiger partial charge in [-0.05, 0) is 225 Å². The third kappa shape index (κ3) is 12.0. The molecule has 17 aromatic carbocycles. The number of hydrogen-bond donors (Lipinski definition) is 0. The van der Waals surface area contributed by atoms with Crippen molar-refractivity contribution < 1.29 is 13.3 Å². The molecule has 3 aromatic heterocycles. The SMILES string of the molecule is CC(C)(C)c1cc(-c2cccc(-c3ccccc3)c2)c(N2c3ccc(-c4ccccc4)cc3B3c4cc(-c5ccccc5)ccc4N(c4c(-c5cccc(-c6ccccc6)c5)cc(C(C)(C)C)cc4-c4cccc5oc6ccccc6c45)c4cc(-c5cc(C(C)(C)C)c6oc7ccccc7c6c5)cc2c43)c(-c2cccc3oc4ccccc4c23)c1. The lowest BCUT2D eigenvalue weighted by molar-refractivity contribution is 0.573. The smallest absolute Gasteiger partial charge is 0.252 e. The lowest BCUT2D eigenvalue weighted by Crippen LogP contribution is -2.61. The van der Waals surface area contributed by atoms with E-state index < -0.39 is 0 Å². The van der Waals surface area contributed by atoms with Crippen molar-refractivity contribution in [3.8, 4) is 100 Å². The normalized spacial score (nSPS) is 12.8. The van der Waals surface area contributed by atoms with Gasteiger partial charge in [0.2, 0.25) is 0 Å². The van der Waals surface area contributed by atoms with Gasteiger partial charge >= 0.3 is 0 Å². The second kappa shape index (κ2) is 27.7. The molecule has 6 heteroatoms. The minimum Gasteiger partial charge on any atom is -0.456 e. The van der Waals surface area contributed by atoms with Crippen molar-refractivity contribution in [3.63, 3.8) is 0 Å². The zero-order valence-electron chi connectivity index (χ0n) is 68.8. The van der Waals surface area contributed by atoms with Crippen LogP contribution in [0.5, 0.6) is 0 Å². The van der Waals surface area contributed by atoms with E-state index in [1.54, 1.807) is 0 Å². The summed E-state index contributed by atoms with van der Waals surface area (Å²) in [4.78, 5) is 5.45. The van der Waals surface area contributed by atoms with Crippen LogP contribution in [0.25, 0.3) is 166 Å². The van der Waals surface area contributed by atoms with Gasteiger partial charge in [0.15, 0.2) is 0 Å². The number of anilines is 6. The Morgan fingerprint density at radius 2 is 0.575 bits per heavy atom. The maximum Gasteiger partial charge on any atom is 0.252 e. The first-order chi connectivity index (χ1) is 58.4. The number of hydrogen-bond acceptors (Lipinski definition) is 5. The van der Waals surface area contributed by atoms with E-state index in [9.17, 15) is 0 Å². The van der Waals surface area contributed by atoms with Gasteiger partial charge in [-0.2, -0.15) is 0 Å². The van der Waals surface area contributed by atoms with Crippen molar-refractivity contribution in [2.75, 3.05) is 9.80 Å². The first-order valence-electron chi connectivity index (χ1n) is 42.0. The minimum absolute atomic E-state index is 0.326. The molecule has 0 unspecified atom stereocenters. The molecule has 0 spiro atoms. The Hall–Kier alpha value is -14.2. The lowest BCUT2D eigenvalue weighted by atomic mass is 9.33. The summed E-state index contributed by atoms with van der Waals surface area (Å²) < 4.78 is 21.1. The molecule has 0 N–H and O–H groups in total. The topological polar surface area (TPSA) is 45.9 Å². The van der Waals surface area contributed by atoms with Crippen molar-refractivity contribution in [2.45, 2.75) is 78.6 Å². The molecule has 5 heterocycles. The van der Waals surface area contributed by atoms with E-state index in [0.29, 0.717) is 0 Å². The lowest BCUT2D eigenvalue weighted by Gasteiger charge is -2.46. The Bertz CT molecular complexity index is 7160. The standard InChI is InChI=1S/C114H87BN2O3/c1-112(2,3)82-66-89(78-42-28-40-74(58-78)70-32-14-10-15-33-70)109(91(68-82)85-47-30-52-104-106(85)87-45-23-26-50-102(87)118-104)116-97-56-54-76(72-36-18-12-19-37-72)62-95(97)115-96-63-77(73-38-20-13-21-39-73)55-57-98(96)117(100-65-81(64-99(116)108(100)115)80-60-93-84-44-22-25-49-101(84)120-111(93)94(61-80)114(7,8)9)110-90(79-43-29-41-75(59-79)71-34-16-11-17-35-71)67-83(113(4,5)6)69-92(110)86-48-31-53-105-107(86)88-46-24-27-51-103(88)119-105/h10-69H,1-9H3. The molecule has 2 aliphatic heterocycles. The summed E-state index contributed by atoms with van der Waals surface area (Å²) >= 11 is 0. The van der Waals surface area contributed by atoms with E-state index >= 15 is 0 Å². The molecule has 5 nitrogen and oxygen atoms in total. The summed E-state index contributed by atoms with van der Waals surface area (Å²) in [5, 5.41) is 6.40. The molecule has 0 atom stereocenters. The van der Waals surface area contributed by atoms with Crippen molar-refractivity contribution in [3.05, 3.63) is 381 Å². The van der Waals surface area contributed by atoms with Crippen LogP contribution in [0.1, 0.15) is 79.0 Å². The number of furan rings is 3. The van der Waals surface area contributed by atoms with Crippen LogP contribution < -0.4 is 26.2 Å². The Morgan fingerprint density at radius 1 is 0.225 bits per heavy atom. The fourth-order valence-electron chi connectivity index (χ4n) is 19.3. The summed E-state index contributed by atoms with van der Waals surface area (Å²) in [7, 11) is 0. The van der Waals surface area contributed by atoms with E-state index in [0.717, 1.165) is 206 Å². The summed E-state index contributed by atoms with van der Waals surface area (Å²) in [6, 6.07) is 136. The fraction of sp³-hybridized carbons (Fsp3) is 0.105. The fourth-order valence-corrected chi connectivity index (χ4v) is 19.3. The van der Waals surface area contributed by atoms with Crippen LogP contribution in [0, 0.1) is 0 Å². The Labute approximate surface area is 700 Å². The molecule has 2 aliphatic rings. The number of fused-ring (bicyclic) bond motifs is 13. The predicted molar refractivity (Wildman–Crippen MR) is 507 cm³/mol. The van der Waals surface area contributed by atoms with Gasteiger partial charge in [0.25, 0.3) is 6.71 Å². The Morgan fingerprint density at radius 3 is 1.00 bits per heavy atom. The van der Waals surface area contributed by atoms with Crippen LogP contribution >= 0.6 is 0 Å². The second-order valence-electron chi connectivity index (χ2n) is 35.8. The van der Waals surface area contributed by atoms with Crippen LogP contribution in [-0.2, 0) is 16.2 Å². The van der Waals surface area contributed by atoms with Crippen LogP contribution in [0.4, 0.5) is 34.1 Å². The predicted octanol–water partition coefficient (Wildman–Crippen LogP) is 30.4. The monoisotopic (exact) mass is 1540 g/mol. The number of nitrogens with zero attached hydrogens (tertiary/aromatic N) is 2. The van der Waals surface area contributed by atoms with E-state index in [2.05, 4.69) is 436 Å². The van der Waals surface area contributed by atoms with E-state index in [1.807, 2.05) is 0 Å². The average molecular weight is 1540 g/mol. The van der Waals surface area contributed by atoms with E-state index in [-0.39, 0.29) is 23.0 Å².